The number of aromatic nitrogens is 4. The first kappa shape index (κ1) is 26.5. The molecule has 40 heavy (non-hydrogen) atoms. The molecule has 0 aliphatic heterocycles. The minimum Gasteiger partial charge on any atom is -0.396 e. The second kappa shape index (κ2) is 10.7. The first-order valence-electron chi connectivity index (χ1n) is 13.5. The first-order chi connectivity index (χ1) is 19.4. The van der Waals surface area contributed by atoms with Crippen molar-refractivity contribution < 1.29 is 9.50 Å². The van der Waals surface area contributed by atoms with Crippen LogP contribution >= 0.6 is 11.6 Å². The van der Waals surface area contributed by atoms with Crippen LogP contribution in [0.5, 0.6) is 0 Å². The van der Waals surface area contributed by atoms with Gasteiger partial charge in [0.05, 0.1) is 39.5 Å². The van der Waals surface area contributed by atoms with Crippen LogP contribution in [0.15, 0.2) is 48.8 Å². The number of hydrogen-bond donors (Lipinski definition) is 3. The number of benzene rings is 2. The molecule has 1 unspecified atom stereocenters. The highest BCUT2D eigenvalue weighted by atomic mass is 35.5. The quantitative estimate of drug-likeness (QED) is 0.254. The average Bonchev–Trinajstić information content (AvgIpc) is 3.69. The first-order valence-corrected chi connectivity index (χ1v) is 13.9. The molecule has 0 spiro atoms. The molecule has 2 aromatic carbocycles. The Hall–Kier alpha value is -3.68. The van der Waals surface area contributed by atoms with Crippen molar-refractivity contribution in [3.8, 4) is 6.07 Å². The van der Waals surface area contributed by atoms with Crippen molar-refractivity contribution in [2.24, 2.45) is 5.92 Å². The van der Waals surface area contributed by atoms with Crippen LogP contribution in [-0.4, -0.2) is 45.6 Å². The highest BCUT2D eigenvalue weighted by Crippen LogP contribution is 2.39. The molecule has 2 radical (unpaired) electrons. The summed E-state index contributed by atoms with van der Waals surface area (Å²) in [5.41, 5.74) is 1.79. The number of aliphatic hydroxyl groups is 1. The van der Waals surface area contributed by atoms with Crippen LogP contribution in [0.4, 0.5) is 15.8 Å². The van der Waals surface area contributed by atoms with E-state index >= 15 is 0 Å². The minimum absolute atomic E-state index is 0.0112. The van der Waals surface area contributed by atoms with Gasteiger partial charge in [-0.3, -0.25) is 4.98 Å². The number of aliphatic hydroxyl groups excluding tert-OH is 1. The summed E-state index contributed by atoms with van der Waals surface area (Å²) in [6.07, 6.45) is 9.32. The summed E-state index contributed by atoms with van der Waals surface area (Å²) in [6.45, 7) is 0.0744. The number of nitrogens with zero attached hydrogens (tertiary/aromatic N) is 5. The number of hydrogen-bond acceptors (Lipinski definition) is 7. The number of fused-ring (bicyclic) bond motifs is 1. The Morgan fingerprint density at radius 2 is 1.95 bits per heavy atom. The Labute approximate surface area is 238 Å². The molecule has 3 atom stereocenters. The van der Waals surface area contributed by atoms with Gasteiger partial charge in [0.15, 0.2) is 0 Å². The van der Waals surface area contributed by atoms with E-state index in [9.17, 15) is 14.8 Å². The fraction of sp³-hybridized carbons (Fsp3) is 0.379. The van der Waals surface area contributed by atoms with Crippen LogP contribution in [0.1, 0.15) is 61.4 Å². The van der Waals surface area contributed by atoms with Crippen LogP contribution in [0.2, 0.25) is 5.02 Å². The molecule has 2 aliphatic rings. The van der Waals surface area contributed by atoms with E-state index in [0.29, 0.717) is 50.2 Å². The molecule has 2 saturated carbocycles. The standard InChI is InChI=1S/C29H28BClFN7O/c30-29(19-5-7-20(32)8-6-19,26-15-39(38-37-26)22-9-10-22)36-21-11-23-27(35-25-4-2-1-3-17(25)16-40)18(13-33)14-34-28(23)24(31)12-21/h5-8,11-12,14-15,17,22,25,36,40H,1-4,9-10,16H2,(H,34,35)/t17-,25+,29?/m0/s1. The summed E-state index contributed by atoms with van der Waals surface area (Å²) >= 11 is 6.75. The SMILES string of the molecule is [B]C(Nc1cc(Cl)c2ncc(C#N)c(N[C@@H]3CCCC[C@H]3CO)c2c1)(c1ccc(F)cc1)c1cn(C2CC2)nn1. The molecule has 3 N–H and O–H groups in total. The minimum atomic E-state index is -1.36. The van der Waals surface area contributed by atoms with Gasteiger partial charge < -0.3 is 15.7 Å². The molecule has 2 heterocycles. The molecule has 4 aromatic rings. The zero-order valence-corrected chi connectivity index (χ0v) is 22.6. The fourth-order valence-corrected chi connectivity index (χ4v) is 5.84. The Kier molecular flexibility index (Phi) is 7.11. The van der Waals surface area contributed by atoms with Gasteiger partial charge in [-0.1, -0.05) is 41.8 Å². The lowest BCUT2D eigenvalue weighted by Gasteiger charge is -2.33. The lowest BCUT2D eigenvalue weighted by Crippen LogP contribution is -2.38. The van der Waals surface area contributed by atoms with Gasteiger partial charge in [0.25, 0.3) is 0 Å². The van der Waals surface area contributed by atoms with Gasteiger partial charge in [-0.05, 0) is 55.5 Å². The highest BCUT2D eigenvalue weighted by Gasteiger charge is 2.34. The molecule has 8 nitrogen and oxygen atoms in total. The summed E-state index contributed by atoms with van der Waals surface area (Å²) in [5.74, 6) is -0.291. The van der Waals surface area contributed by atoms with Gasteiger partial charge in [-0.15, -0.1) is 5.10 Å². The van der Waals surface area contributed by atoms with E-state index in [1.807, 2.05) is 16.9 Å². The van der Waals surface area contributed by atoms with Gasteiger partial charge in [-0.2, -0.15) is 5.26 Å². The maximum atomic E-state index is 13.8. The number of pyridine rings is 1. The highest BCUT2D eigenvalue weighted by molar-refractivity contribution is 6.36. The molecule has 0 saturated heterocycles. The van der Waals surface area contributed by atoms with Gasteiger partial charge >= 0.3 is 0 Å². The van der Waals surface area contributed by atoms with Crippen molar-refractivity contribution in [2.75, 3.05) is 17.2 Å². The molecule has 0 bridgehead atoms. The van der Waals surface area contributed by atoms with E-state index in [1.54, 1.807) is 18.2 Å². The third-order valence-corrected chi connectivity index (χ3v) is 8.28. The average molecular weight is 556 g/mol. The van der Waals surface area contributed by atoms with E-state index in [2.05, 4.69) is 32.0 Å². The third-order valence-electron chi connectivity index (χ3n) is 7.99. The Balaban J connectivity index is 1.44. The van der Waals surface area contributed by atoms with E-state index in [1.165, 1.54) is 18.3 Å². The van der Waals surface area contributed by atoms with Gasteiger partial charge in [0, 0.05) is 35.8 Å². The summed E-state index contributed by atoms with van der Waals surface area (Å²) < 4.78 is 15.7. The normalized spacial score (nSPS) is 20.6. The van der Waals surface area contributed by atoms with Crippen molar-refractivity contribution in [3.05, 3.63) is 76.5 Å². The van der Waals surface area contributed by atoms with Crippen molar-refractivity contribution in [3.63, 3.8) is 0 Å². The van der Waals surface area contributed by atoms with Crippen molar-refractivity contribution in [1.82, 2.24) is 20.0 Å². The number of rotatable bonds is 8. The monoisotopic (exact) mass is 555 g/mol. The van der Waals surface area contributed by atoms with Gasteiger partial charge in [0.1, 0.15) is 25.4 Å². The Morgan fingerprint density at radius 3 is 2.67 bits per heavy atom. The zero-order valence-electron chi connectivity index (χ0n) is 21.8. The number of anilines is 2. The molecule has 2 fully saturated rings. The summed E-state index contributed by atoms with van der Waals surface area (Å²) in [7, 11) is 7.03. The predicted octanol–water partition coefficient (Wildman–Crippen LogP) is 5.27. The van der Waals surface area contributed by atoms with Crippen LogP contribution < -0.4 is 10.6 Å². The summed E-state index contributed by atoms with van der Waals surface area (Å²) in [5, 5.41) is 36.5. The van der Waals surface area contributed by atoms with Crippen molar-refractivity contribution in [2.45, 2.75) is 56.0 Å². The molecule has 202 valence electrons. The topological polar surface area (TPSA) is 112 Å². The lowest BCUT2D eigenvalue weighted by atomic mass is 9.69. The number of halogens is 2. The molecule has 2 aliphatic carbocycles. The van der Waals surface area contributed by atoms with E-state index in [-0.39, 0.29) is 24.4 Å². The smallest absolute Gasteiger partial charge is 0.123 e. The van der Waals surface area contributed by atoms with Crippen LogP contribution in [-0.2, 0) is 5.44 Å². The predicted molar refractivity (Wildman–Crippen MR) is 153 cm³/mol. The largest absolute Gasteiger partial charge is 0.396 e. The van der Waals surface area contributed by atoms with E-state index < -0.39 is 5.44 Å². The second-order valence-electron chi connectivity index (χ2n) is 10.7. The molecular formula is C29H28BClFN7O. The summed E-state index contributed by atoms with van der Waals surface area (Å²) in [4.78, 5) is 4.47. The Morgan fingerprint density at radius 1 is 1.18 bits per heavy atom. The van der Waals surface area contributed by atoms with Crippen LogP contribution in [0, 0.1) is 23.1 Å². The van der Waals surface area contributed by atoms with E-state index in [0.717, 1.165) is 38.5 Å². The summed E-state index contributed by atoms with van der Waals surface area (Å²) in [6, 6.07) is 12.1. The second-order valence-corrected chi connectivity index (χ2v) is 11.2. The molecule has 6 rings (SSSR count). The van der Waals surface area contributed by atoms with Crippen LogP contribution in [0.25, 0.3) is 10.9 Å². The molecule has 2 aromatic heterocycles. The van der Waals surface area contributed by atoms with Crippen LogP contribution in [0.3, 0.4) is 0 Å². The van der Waals surface area contributed by atoms with E-state index in [4.69, 9.17) is 19.4 Å². The third kappa shape index (κ3) is 5.00. The zero-order chi connectivity index (χ0) is 27.9. The number of nitrogens with one attached hydrogen (secondary N) is 2. The molecule has 11 heteroatoms. The maximum absolute atomic E-state index is 13.8. The lowest BCUT2D eigenvalue weighted by molar-refractivity contribution is 0.178. The molecular weight excluding hydrogens is 528 g/mol. The molecule has 0 amide bonds. The van der Waals surface area contributed by atoms with Crippen molar-refractivity contribution >= 4 is 41.7 Å². The van der Waals surface area contributed by atoms with Gasteiger partial charge in [-0.25, -0.2) is 9.07 Å². The number of nitriles is 1. The fourth-order valence-electron chi connectivity index (χ4n) is 5.57. The van der Waals surface area contributed by atoms with Crippen molar-refractivity contribution in [1.29, 1.82) is 5.26 Å². The van der Waals surface area contributed by atoms with Gasteiger partial charge in [0.2, 0.25) is 0 Å². The maximum Gasteiger partial charge on any atom is 0.123 e. The Bertz CT molecular complexity index is 1590.